The van der Waals surface area contributed by atoms with Gasteiger partial charge in [-0.2, -0.15) is 11.8 Å². The highest BCUT2D eigenvalue weighted by molar-refractivity contribution is 7.99. The second kappa shape index (κ2) is 5.80. The molecule has 20 heavy (non-hydrogen) atoms. The van der Waals surface area contributed by atoms with Crippen LogP contribution in [0, 0.1) is 0 Å². The lowest BCUT2D eigenvalue weighted by Gasteiger charge is -2.26. The molecule has 0 aliphatic carbocycles. The summed E-state index contributed by atoms with van der Waals surface area (Å²) < 4.78 is 0. The van der Waals surface area contributed by atoms with Crippen molar-refractivity contribution in [3.63, 3.8) is 0 Å². The van der Waals surface area contributed by atoms with E-state index in [-0.39, 0.29) is 5.91 Å². The lowest BCUT2D eigenvalue weighted by molar-refractivity contribution is 0.0772. The molecule has 1 aromatic carbocycles. The highest BCUT2D eigenvalue weighted by Crippen LogP contribution is 2.29. The van der Waals surface area contributed by atoms with E-state index in [4.69, 9.17) is 23.2 Å². The molecule has 0 bridgehead atoms. The van der Waals surface area contributed by atoms with E-state index in [1.807, 2.05) is 16.7 Å². The minimum Gasteiger partial charge on any atom is -0.337 e. The van der Waals surface area contributed by atoms with E-state index in [1.54, 1.807) is 24.4 Å². The van der Waals surface area contributed by atoms with Crippen LogP contribution in [0.2, 0.25) is 10.0 Å². The number of nitrogens with zero attached hydrogens (tertiary/aromatic N) is 2. The highest BCUT2D eigenvalue weighted by atomic mass is 35.5. The van der Waals surface area contributed by atoms with Crippen molar-refractivity contribution in [2.75, 3.05) is 24.6 Å². The van der Waals surface area contributed by atoms with Crippen molar-refractivity contribution in [2.24, 2.45) is 0 Å². The van der Waals surface area contributed by atoms with Crippen LogP contribution in [0.5, 0.6) is 0 Å². The van der Waals surface area contributed by atoms with E-state index in [0.29, 0.717) is 15.6 Å². The number of hydrogen-bond acceptors (Lipinski definition) is 3. The van der Waals surface area contributed by atoms with Crippen LogP contribution in [0.15, 0.2) is 24.4 Å². The van der Waals surface area contributed by atoms with Gasteiger partial charge in [-0.3, -0.25) is 9.78 Å². The molecule has 1 fully saturated rings. The summed E-state index contributed by atoms with van der Waals surface area (Å²) in [5.41, 5.74) is 1.19. The number of amides is 1. The van der Waals surface area contributed by atoms with Crippen molar-refractivity contribution in [2.45, 2.75) is 0 Å². The summed E-state index contributed by atoms with van der Waals surface area (Å²) >= 11 is 14.2. The van der Waals surface area contributed by atoms with Crippen molar-refractivity contribution in [1.82, 2.24) is 9.88 Å². The number of carbonyl (C=O) groups is 1. The third-order valence-electron chi connectivity index (χ3n) is 3.29. The first-order chi connectivity index (χ1) is 9.66. The molecule has 0 radical (unpaired) electrons. The minimum absolute atomic E-state index is 0.0512. The fourth-order valence-corrected chi connectivity index (χ4v) is 3.57. The summed E-state index contributed by atoms with van der Waals surface area (Å²) in [6.07, 6.45) is 1.56. The fraction of sp³-hybridized carbons (Fsp3) is 0.286. The van der Waals surface area contributed by atoms with Crippen LogP contribution in [0.1, 0.15) is 10.4 Å². The zero-order valence-corrected chi connectivity index (χ0v) is 12.9. The first-order valence-corrected chi connectivity index (χ1v) is 8.18. The maximum Gasteiger partial charge on any atom is 0.257 e. The number of pyridine rings is 1. The molecule has 0 unspecified atom stereocenters. The third-order valence-corrected chi connectivity index (χ3v) is 4.88. The number of fused-ring (bicyclic) bond motifs is 1. The smallest absolute Gasteiger partial charge is 0.257 e. The molecule has 1 aromatic heterocycles. The van der Waals surface area contributed by atoms with Gasteiger partial charge in [-0.1, -0.05) is 23.2 Å². The molecule has 6 heteroatoms. The van der Waals surface area contributed by atoms with Crippen LogP contribution >= 0.6 is 35.0 Å². The van der Waals surface area contributed by atoms with Crippen molar-refractivity contribution in [1.29, 1.82) is 0 Å². The SMILES string of the molecule is O=C(c1cnc2ccc(Cl)cc2c1Cl)N1CCSCC1. The van der Waals surface area contributed by atoms with Gasteiger partial charge in [0.2, 0.25) is 0 Å². The number of benzene rings is 1. The van der Waals surface area contributed by atoms with E-state index in [0.717, 1.165) is 35.5 Å². The highest BCUT2D eigenvalue weighted by Gasteiger charge is 2.22. The summed E-state index contributed by atoms with van der Waals surface area (Å²) in [4.78, 5) is 18.6. The minimum atomic E-state index is -0.0512. The van der Waals surface area contributed by atoms with Gasteiger partial charge in [-0.15, -0.1) is 0 Å². The Morgan fingerprint density at radius 1 is 1.25 bits per heavy atom. The van der Waals surface area contributed by atoms with Gasteiger partial charge in [0.05, 0.1) is 16.1 Å². The van der Waals surface area contributed by atoms with Gasteiger partial charge in [0.1, 0.15) is 0 Å². The number of halogens is 2. The summed E-state index contributed by atoms with van der Waals surface area (Å²) in [5, 5.41) is 1.73. The van der Waals surface area contributed by atoms with Gasteiger partial charge in [-0.05, 0) is 18.2 Å². The normalized spacial score (nSPS) is 15.6. The Kier molecular flexibility index (Phi) is 4.06. The number of rotatable bonds is 1. The van der Waals surface area contributed by atoms with Gasteiger partial charge in [0.25, 0.3) is 5.91 Å². The van der Waals surface area contributed by atoms with Crippen molar-refractivity contribution in [3.8, 4) is 0 Å². The maximum atomic E-state index is 12.5. The fourth-order valence-electron chi connectivity index (χ4n) is 2.22. The molecule has 2 heterocycles. The van der Waals surface area contributed by atoms with Gasteiger partial charge < -0.3 is 4.90 Å². The Morgan fingerprint density at radius 2 is 2.00 bits per heavy atom. The van der Waals surface area contributed by atoms with Gasteiger partial charge in [-0.25, -0.2) is 0 Å². The predicted octanol–water partition coefficient (Wildman–Crippen LogP) is 3.73. The van der Waals surface area contributed by atoms with E-state index in [9.17, 15) is 4.79 Å². The van der Waals surface area contributed by atoms with Crippen molar-refractivity contribution in [3.05, 3.63) is 40.0 Å². The quantitative estimate of drug-likeness (QED) is 0.800. The van der Waals surface area contributed by atoms with Crippen LogP contribution in [0.4, 0.5) is 0 Å². The van der Waals surface area contributed by atoms with Crippen LogP contribution in [-0.2, 0) is 0 Å². The molecule has 0 saturated carbocycles. The van der Waals surface area contributed by atoms with E-state index >= 15 is 0 Å². The average molecular weight is 327 g/mol. The van der Waals surface area contributed by atoms with Crippen LogP contribution < -0.4 is 0 Å². The zero-order chi connectivity index (χ0) is 14.1. The lowest BCUT2D eigenvalue weighted by atomic mass is 10.1. The molecule has 1 aliphatic rings. The molecule has 3 rings (SSSR count). The third kappa shape index (κ3) is 2.60. The molecule has 1 amide bonds. The zero-order valence-electron chi connectivity index (χ0n) is 10.6. The number of hydrogen-bond donors (Lipinski definition) is 0. The molecule has 0 atom stereocenters. The number of thioether (sulfide) groups is 1. The van der Waals surface area contributed by atoms with Crippen molar-refractivity contribution < 1.29 is 4.79 Å². The molecule has 1 aliphatic heterocycles. The number of carbonyl (C=O) groups excluding carboxylic acids is 1. The first kappa shape index (κ1) is 14.0. The molecule has 0 N–H and O–H groups in total. The predicted molar refractivity (Wildman–Crippen MR) is 85.0 cm³/mol. The summed E-state index contributed by atoms with van der Waals surface area (Å²) in [6.45, 7) is 1.51. The molecular formula is C14H12Cl2N2OS. The Labute approximate surface area is 131 Å². The molecule has 3 nitrogen and oxygen atoms in total. The monoisotopic (exact) mass is 326 g/mol. The van der Waals surface area contributed by atoms with Crippen LogP contribution in [0.25, 0.3) is 10.9 Å². The molecule has 0 spiro atoms. The number of aromatic nitrogens is 1. The maximum absolute atomic E-state index is 12.5. The van der Waals surface area contributed by atoms with Gasteiger partial charge in [0.15, 0.2) is 0 Å². The Morgan fingerprint density at radius 3 is 2.75 bits per heavy atom. The summed E-state index contributed by atoms with van der Waals surface area (Å²) in [7, 11) is 0. The molecule has 104 valence electrons. The molecule has 2 aromatic rings. The van der Waals surface area contributed by atoms with E-state index < -0.39 is 0 Å². The molecule has 1 saturated heterocycles. The lowest BCUT2D eigenvalue weighted by Crippen LogP contribution is -2.38. The second-order valence-corrected chi connectivity index (χ2v) is 6.59. The Balaban J connectivity index is 2.02. The standard InChI is InChI=1S/C14H12Cl2N2OS/c15-9-1-2-12-10(7-9)13(16)11(8-17-12)14(19)18-3-5-20-6-4-18/h1-2,7-8H,3-6H2. The van der Waals surface area contributed by atoms with Gasteiger partial charge in [0, 0.05) is 41.2 Å². The van der Waals surface area contributed by atoms with Crippen molar-refractivity contribution >= 4 is 51.8 Å². The van der Waals surface area contributed by atoms with E-state index in [2.05, 4.69) is 4.98 Å². The van der Waals surface area contributed by atoms with E-state index in [1.165, 1.54) is 0 Å². The van der Waals surface area contributed by atoms with Crippen LogP contribution in [0.3, 0.4) is 0 Å². The first-order valence-electron chi connectivity index (χ1n) is 6.27. The Hall–Kier alpha value is -0.970. The Bertz CT molecular complexity index is 672. The molecular weight excluding hydrogens is 315 g/mol. The average Bonchev–Trinajstić information content (AvgIpc) is 2.48. The topological polar surface area (TPSA) is 33.2 Å². The summed E-state index contributed by atoms with van der Waals surface area (Å²) in [6, 6.07) is 5.31. The van der Waals surface area contributed by atoms with Gasteiger partial charge >= 0.3 is 0 Å². The summed E-state index contributed by atoms with van der Waals surface area (Å²) in [5.74, 6) is 1.89. The largest absolute Gasteiger partial charge is 0.337 e. The second-order valence-electron chi connectivity index (χ2n) is 4.55. The van der Waals surface area contributed by atoms with Crippen LogP contribution in [-0.4, -0.2) is 40.4 Å².